The standard InChI is InChI=1S/C15H13BrS/c1-11-2-7-15(16)9-14(11)8-12-3-5-13(10-17)6-4-12/h2-7,9-10H,8H2,1H3. The highest BCUT2D eigenvalue weighted by atomic mass is 79.9. The van der Waals surface area contributed by atoms with Gasteiger partial charge in [-0.2, -0.15) is 0 Å². The summed E-state index contributed by atoms with van der Waals surface area (Å²) < 4.78 is 1.13. The molecule has 2 aromatic carbocycles. The number of halogens is 1. The molecular weight excluding hydrogens is 292 g/mol. The minimum absolute atomic E-state index is 0.961. The normalized spacial score (nSPS) is 10.2. The molecule has 0 saturated carbocycles. The molecule has 17 heavy (non-hydrogen) atoms. The van der Waals surface area contributed by atoms with Gasteiger partial charge in [0.1, 0.15) is 0 Å². The van der Waals surface area contributed by atoms with Crippen LogP contribution in [-0.2, 0) is 6.42 Å². The summed E-state index contributed by atoms with van der Waals surface area (Å²) in [6.07, 6.45) is 0.961. The van der Waals surface area contributed by atoms with Crippen LogP contribution in [0.4, 0.5) is 0 Å². The van der Waals surface area contributed by atoms with Crippen LogP contribution in [0.15, 0.2) is 46.9 Å². The van der Waals surface area contributed by atoms with Crippen molar-refractivity contribution in [2.24, 2.45) is 0 Å². The summed E-state index contributed by atoms with van der Waals surface area (Å²) in [7, 11) is 0. The summed E-state index contributed by atoms with van der Waals surface area (Å²) in [5, 5.41) is 1.70. The van der Waals surface area contributed by atoms with Crippen molar-refractivity contribution in [1.82, 2.24) is 0 Å². The van der Waals surface area contributed by atoms with Crippen molar-refractivity contribution in [3.05, 3.63) is 69.2 Å². The molecule has 0 aliphatic carbocycles. The van der Waals surface area contributed by atoms with Gasteiger partial charge < -0.3 is 0 Å². The average molecular weight is 305 g/mol. The van der Waals surface area contributed by atoms with Crippen molar-refractivity contribution < 1.29 is 0 Å². The van der Waals surface area contributed by atoms with E-state index in [9.17, 15) is 0 Å². The van der Waals surface area contributed by atoms with E-state index < -0.39 is 0 Å². The van der Waals surface area contributed by atoms with Crippen LogP contribution < -0.4 is 0 Å². The molecule has 0 amide bonds. The Morgan fingerprint density at radius 2 is 1.82 bits per heavy atom. The molecule has 0 saturated heterocycles. The quantitative estimate of drug-likeness (QED) is 0.741. The van der Waals surface area contributed by atoms with Crippen LogP contribution in [0.25, 0.3) is 0 Å². The predicted octanol–water partition coefficient (Wildman–Crippen LogP) is 4.70. The van der Waals surface area contributed by atoms with Gasteiger partial charge in [0.05, 0.1) is 0 Å². The van der Waals surface area contributed by atoms with E-state index in [2.05, 4.69) is 65.3 Å². The molecule has 0 atom stereocenters. The zero-order chi connectivity index (χ0) is 12.3. The maximum absolute atomic E-state index is 4.90. The largest absolute Gasteiger partial charge is 0.0881 e. The zero-order valence-electron chi connectivity index (χ0n) is 9.61. The molecule has 0 aliphatic heterocycles. The Kier molecular flexibility index (Phi) is 4.08. The van der Waals surface area contributed by atoms with E-state index in [0.29, 0.717) is 0 Å². The SMILES string of the molecule is Cc1ccc(Br)cc1Cc1ccc(C=S)cc1. The number of thiocarbonyl (C=S) groups is 1. The van der Waals surface area contributed by atoms with Gasteiger partial charge in [0.2, 0.25) is 0 Å². The Morgan fingerprint density at radius 1 is 1.12 bits per heavy atom. The third kappa shape index (κ3) is 3.24. The first-order valence-electron chi connectivity index (χ1n) is 5.48. The Balaban J connectivity index is 2.24. The number of rotatable bonds is 3. The molecule has 0 heterocycles. The Morgan fingerprint density at radius 3 is 2.47 bits per heavy atom. The summed E-state index contributed by atoms with van der Waals surface area (Å²) >= 11 is 8.41. The fourth-order valence-corrected chi connectivity index (χ4v) is 2.33. The second-order valence-corrected chi connectivity index (χ2v) is 5.26. The van der Waals surface area contributed by atoms with E-state index in [1.807, 2.05) is 0 Å². The van der Waals surface area contributed by atoms with Gasteiger partial charge in [-0.1, -0.05) is 58.5 Å². The van der Waals surface area contributed by atoms with Gasteiger partial charge in [0.25, 0.3) is 0 Å². The van der Waals surface area contributed by atoms with Gasteiger partial charge in [-0.3, -0.25) is 0 Å². The molecule has 0 bridgehead atoms. The predicted molar refractivity (Wildman–Crippen MR) is 80.9 cm³/mol. The van der Waals surface area contributed by atoms with Crippen molar-refractivity contribution in [2.45, 2.75) is 13.3 Å². The Labute approximate surface area is 116 Å². The van der Waals surface area contributed by atoms with Gasteiger partial charge in [0.15, 0.2) is 0 Å². The van der Waals surface area contributed by atoms with Crippen LogP contribution in [0.1, 0.15) is 22.3 Å². The van der Waals surface area contributed by atoms with Crippen LogP contribution in [0.5, 0.6) is 0 Å². The molecule has 2 aromatic rings. The zero-order valence-corrected chi connectivity index (χ0v) is 12.0. The topological polar surface area (TPSA) is 0 Å². The minimum atomic E-state index is 0.961. The lowest BCUT2D eigenvalue weighted by atomic mass is 10.00. The van der Waals surface area contributed by atoms with Gasteiger partial charge in [-0.05, 0) is 47.7 Å². The van der Waals surface area contributed by atoms with E-state index in [-0.39, 0.29) is 0 Å². The number of benzene rings is 2. The molecule has 0 spiro atoms. The molecule has 2 heteroatoms. The first-order chi connectivity index (χ1) is 8.19. The smallest absolute Gasteiger partial charge is 0.0178 e. The van der Waals surface area contributed by atoms with E-state index in [0.717, 1.165) is 16.5 Å². The Bertz CT molecular complexity index is 529. The van der Waals surface area contributed by atoms with Gasteiger partial charge in [0, 0.05) is 9.84 Å². The highest BCUT2D eigenvalue weighted by Crippen LogP contribution is 2.19. The lowest BCUT2D eigenvalue weighted by Gasteiger charge is -2.07. The monoisotopic (exact) mass is 304 g/mol. The Hall–Kier alpha value is -0.990. The molecule has 0 fully saturated rings. The van der Waals surface area contributed by atoms with Gasteiger partial charge in [-0.25, -0.2) is 0 Å². The summed E-state index contributed by atoms with van der Waals surface area (Å²) in [5.74, 6) is 0. The van der Waals surface area contributed by atoms with Crippen molar-refractivity contribution in [1.29, 1.82) is 0 Å². The molecule has 0 N–H and O–H groups in total. The number of hydrogen-bond acceptors (Lipinski definition) is 1. The van der Waals surface area contributed by atoms with Crippen LogP contribution in [-0.4, -0.2) is 5.37 Å². The second kappa shape index (κ2) is 5.56. The molecule has 0 aliphatic rings. The van der Waals surface area contributed by atoms with Crippen molar-refractivity contribution in [3.63, 3.8) is 0 Å². The summed E-state index contributed by atoms with van der Waals surface area (Å²) in [6, 6.07) is 14.8. The number of hydrogen-bond donors (Lipinski definition) is 0. The highest BCUT2D eigenvalue weighted by Gasteiger charge is 2.01. The van der Waals surface area contributed by atoms with Crippen molar-refractivity contribution in [3.8, 4) is 0 Å². The minimum Gasteiger partial charge on any atom is -0.0881 e. The maximum Gasteiger partial charge on any atom is 0.0178 e. The molecule has 0 nitrogen and oxygen atoms in total. The number of aryl methyl sites for hydroxylation is 1. The fraction of sp³-hybridized carbons (Fsp3) is 0.133. The van der Waals surface area contributed by atoms with Crippen molar-refractivity contribution in [2.75, 3.05) is 0 Å². The molecular formula is C15H13BrS. The molecule has 0 unspecified atom stereocenters. The molecule has 0 aromatic heterocycles. The van der Waals surface area contributed by atoms with E-state index in [1.165, 1.54) is 16.7 Å². The summed E-state index contributed by atoms with van der Waals surface area (Å²) in [4.78, 5) is 0. The van der Waals surface area contributed by atoms with Crippen LogP contribution >= 0.6 is 28.1 Å². The lowest BCUT2D eigenvalue weighted by Crippen LogP contribution is -1.92. The first kappa shape index (κ1) is 12.5. The van der Waals surface area contributed by atoms with E-state index in [1.54, 1.807) is 5.37 Å². The van der Waals surface area contributed by atoms with E-state index >= 15 is 0 Å². The van der Waals surface area contributed by atoms with Gasteiger partial charge in [-0.15, -0.1) is 0 Å². The molecule has 86 valence electrons. The highest BCUT2D eigenvalue weighted by molar-refractivity contribution is 9.10. The summed E-state index contributed by atoms with van der Waals surface area (Å²) in [6.45, 7) is 2.15. The van der Waals surface area contributed by atoms with Gasteiger partial charge >= 0.3 is 0 Å². The molecule has 0 radical (unpaired) electrons. The van der Waals surface area contributed by atoms with Crippen molar-refractivity contribution >= 4 is 33.5 Å². The molecule has 2 rings (SSSR count). The van der Waals surface area contributed by atoms with Crippen LogP contribution in [0.2, 0.25) is 0 Å². The van der Waals surface area contributed by atoms with Crippen LogP contribution in [0.3, 0.4) is 0 Å². The van der Waals surface area contributed by atoms with E-state index in [4.69, 9.17) is 12.2 Å². The summed E-state index contributed by atoms with van der Waals surface area (Å²) in [5.41, 5.74) is 5.09. The maximum atomic E-state index is 4.90. The first-order valence-corrected chi connectivity index (χ1v) is 6.74. The second-order valence-electron chi connectivity index (χ2n) is 4.11. The average Bonchev–Trinajstić information content (AvgIpc) is 2.35. The fourth-order valence-electron chi connectivity index (χ4n) is 1.76. The third-order valence-corrected chi connectivity index (χ3v) is 3.59. The van der Waals surface area contributed by atoms with Crippen LogP contribution in [0, 0.1) is 6.92 Å². The lowest BCUT2D eigenvalue weighted by molar-refractivity contribution is 1.15. The third-order valence-electron chi connectivity index (χ3n) is 2.82.